The molecular formula is C32H42O7S3. The van der Waals surface area contributed by atoms with Crippen molar-refractivity contribution in [3.8, 4) is 11.5 Å². The van der Waals surface area contributed by atoms with Crippen LogP contribution in [0.2, 0.25) is 0 Å². The van der Waals surface area contributed by atoms with Gasteiger partial charge in [-0.25, -0.2) is 0 Å². The summed E-state index contributed by atoms with van der Waals surface area (Å²) in [5, 5.41) is 0. The summed E-state index contributed by atoms with van der Waals surface area (Å²) < 4.78 is 70.2. The third-order valence-corrected chi connectivity index (χ3v) is 9.75. The smallest absolute Gasteiger partial charge is 0.264 e. The molecule has 10 heteroatoms. The molecule has 7 nitrogen and oxygen atoms in total. The summed E-state index contributed by atoms with van der Waals surface area (Å²) in [7, 11) is -8.13. The Morgan fingerprint density at radius 1 is 0.714 bits per heavy atom. The Balaban J connectivity index is 2.00. The van der Waals surface area contributed by atoms with Crippen LogP contribution in [0.1, 0.15) is 75.3 Å². The van der Waals surface area contributed by atoms with Gasteiger partial charge in [0.05, 0.1) is 11.5 Å². The second kappa shape index (κ2) is 13.5. The molecule has 230 valence electrons. The molecule has 0 heterocycles. The van der Waals surface area contributed by atoms with Crippen molar-refractivity contribution in [2.45, 2.75) is 76.0 Å². The molecule has 0 radical (unpaired) electrons. The lowest BCUT2D eigenvalue weighted by Gasteiger charge is -2.30. The van der Waals surface area contributed by atoms with Gasteiger partial charge in [-0.3, -0.25) is 9.11 Å². The van der Waals surface area contributed by atoms with Gasteiger partial charge < -0.3 is 4.74 Å². The molecule has 3 aromatic carbocycles. The number of hydrogen-bond acceptors (Lipinski definition) is 6. The van der Waals surface area contributed by atoms with Crippen LogP contribution < -0.4 is 4.74 Å². The lowest BCUT2D eigenvalue weighted by atomic mass is 9.74. The van der Waals surface area contributed by atoms with Gasteiger partial charge in [-0.2, -0.15) is 16.8 Å². The number of benzene rings is 3. The average molecular weight is 635 g/mol. The van der Waals surface area contributed by atoms with E-state index in [0.717, 1.165) is 32.7 Å². The van der Waals surface area contributed by atoms with Gasteiger partial charge in [-0.1, -0.05) is 65.0 Å². The summed E-state index contributed by atoms with van der Waals surface area (Å²) in [6, 6.07) is 20.0. The zero-order valence-electron chi connectivity index (χ0n) is 25.2. The Hall–Kier alpha value is -2.37. The van der Waals surface area contributed by atoms with E-state index in [1.165, 1.54) is 0 Å². The van der Waals surface area contributed by atoms with Crippen LogP contribution in [0, 0.1) is 0 Å². The summed E-state index contributed by atoms with van der Waals surface area (Å²) in [6.07, 6.45) is 3.46. The summed E-state index contributed by atoms with van der Waals surface area (Å²) in [5.74, 6) is 0.654. The standard InChI is InChI=1S/C32H42O7S3/c1-31(2,3)29-17-11-25(21-23(29)9-7-19-41(33,34)35)32(4,5)26-12-18-30(24(22-26)10-8-20-42(36,37)38)39-27-13-15-28(40-6)16-14-27/h11-18,21-22H,7-10,19-20H2,1-6H3,(H,33,34,35)(H,36,37,38). The highest BCUT2D eigenvalue weighted by atomic mass is 32.2. The quantitative estimate of drug-likeness (QED) is 0.147. The minimum atomic E-state index is -4.09. The first-order chi connectivity index (χ1) is 19.4. The SMILES string of the molecule is CSc1ccc(Oc2ccc(C(C)(C)c3ccc(C(C)(C)C)c(CCCS(=O)(=O)O)c3)cc2CCCS(=O)(=O)O)cc1. The highest BCUT2D eigenvalue weighted by molar-refractivity contribution is 7.98. The van der Waals surface area contributed by atoms with Crippen LogP contribution >= 0.6 is 11.8 Å². The summed E-state index contributed by atoms with van der Waals surface area (Å²) in [4.78, 5) is 1.11. The minimum Gasteiger partial charge on any atom is -0.457 e. The predicted molar refractivity (Wildman–Crippen MR) is 171 cm³/mol. The molecule has 0 saturated heterocycles. The normalized spacial score (nSPS) is 12.9. The molecule has 0 fully saturated rings. The van der Waals surface area contributed by atoms with Gasteiger partial charge in [-0.05, 0) is 95.5 Å². The van der Waals surface area contributed by atoms with Gasteiger partial charge in [0.1, 0.15) is 11.5 Å². The maximum atomic E-state index is 11.4. The van der Waals surface area contributed by atoms with Crippen molar-refractivity contribution < 1.29 is 30.7 Å². The van der Waals surface area contributed by atoms with Crippen LogP contribution in [-0.2, 0) is 43.9 Å². The maximum absolute atomic E-state index is 11.4. The molecule has 2 N–H and O–H groups in total. The minimum absolute atomic E-state index is 0.149. The van der Waals surface area contributed by atoms with Crippen LogP contribution in [0.5, 0.6) is 11.5 Å². The second-order valence-electron chi connectivity index (χ2n) is 12.1. The lowest BCUT2D eigenvalue weighted by molar-refractivity contribution is 0.470. The number of rotatable bonds is 13. The van der Waals surface area contributed by atoms with Gasteiger partial charge in [0, 0.05) is 10.3 Å². The summed E-state index contributed by atoms with van der Waals surface area (Å²) in [5.41, 5.74) is 4.44. The number of thioether (sulfide) groups is 1. The molecule has 0 atom stereocenters. The Bertz CT molecular complexity index is 1590. The zero-order chi connectivity index (χ0) is 31.3. The van der Waals surface area contributed by atoms with Crippen LogP contribution in [0.4, 0.5) is 0 Å². The average Bonchev–Trinajstić information content (AvgIpc) is 2.87. The molecule has 0 aliphatic carbocycles. The maximum Gasteiger partial charge on any atom is 0.264 e. The van der Waals surface area contributed by atoms with Crippen molar-refractivity contribution in [1.29, 1.82) is 0 Å². The van der Waals surface area contributed by atoms with Gasteiger partial charge >= 0.3 is 0 Å². The fourth-order valence-electron chi connectivity index (χ4n) is 5.01. The van der Waals surface area contributed by atoms with Crippen molar-refractivity contribution in [1.82, 2.24) is 0 Å². The fourth-order valence-corrected chi connectivity index (χ4v) is 6.44. The Labute approximate surface area is 255 Å². The molecule has 42 heavy (non-hydrogen) atoms. The highest BCUT2D eigenvalue weighted by Crippen LogP contribution is 2.38. The highest BCUT2D eigenvalue weighted by Gasteiger charge is 2.27. The van der Waals surface area contributed by atoms with E-state index in [2.05, 4.69) is 52.8 Å². The third kappa shape index (κ3) is 9.84. The van der Waals surface area contributed by atoms with E-state index in [1.54, 1.807) is 11.8 Å². The number of ether oxygens (including phenoxy) is 1. The van der Waals surface area contributed by atoms with E-state index in [4.69, 9.17) is 4.74 Å². The van der Waals surface area contributed by atoms with Crippen LogP contribution in [0.3, 0.4) is 0 Å². The van der Waals surface area contributed by atoms with Gasteiger partial charge in [0.2, 0.25) is 0 Å². The van der Waals surface area contributed by atoms with Crippen molar-refractivity contribution in [3.05, 3.63) is 88.5 Å². The first-order valence-corrected chi connectivity index (χ1v) is 18.3. The first kappa shape index (κ1) is 34.1. The topological polar surface area (TPSA) is 118 Å². The second-order valence-corrected chi connectivity index (χ2v) is 16.2. The van der Waals surface area contributed by atoms with E-state index in [9.17, 15) is 25.9 Å². The lowest BCUT2D eigenvalue weighted by Crippen LogP contribution is -2.22. The van der Waals surface area contributed by atoms with Crippen LogP contribution in [0.25, 0.3) is 0 Å². The van der Waals surface area contributed by atoms with Crippen molar-refractivity contribution >= 4 is 32.0 Å². The van der Waals surface area contributed by atoms with Crippen molar-refractivity contribution in [2.24, 2.45) is 0 Å². The number of hydrogen-bond donors (Lipinski definition) is 2. The molecule has 0 bridgehead atoms. The molecule has 0 aliphatic rings. The molecule has 0 amide bonds. The molecule has 0 saturated carbocycles. The Morgan fingerprint density at radius 3 is 1.71 bits per heavy atom. The van der Waals surface area contributed by atoms with Crippen molar-refractivity contribution in [3.63, 3.8) is 0 Å². The Kier molecular flexibility index (Phi) is 11.0. The van der Waals surface area contributed by atoms with Gasteiger partial charge in [-0.15, -0.1) is 11.8 Å². The zero-order valence-corrected chi connectivity index (χ0v) is 27.6. The molecule has 0 aromatic heterocycles. The van der Waals surface area contributed by atoms with Crippen LogP contribution in [0.15, 0.2) is 65.6 Å². The summed E-state index contributed by atoms with van der Waals surface area (Å²) >= 11 is 1.64. The molecular weight excluding hydrogens is 593 g/mol. The third-order valence-electron chi connectivity index (χ3n) is 7.40. The van der Waals surface area contributed by atoms with Gasteiger partial charge in [0.15, 0.2) is 0 Å². The number of aryl methyl sites for hydroxylation is 2. The van der Waals surface area contributed by atoms with E-state index >= 15 is 0 Å². The van der Waals surface area contributed by atoms with E-state index in [-0.39, 0.29) is 23.3 Å². The van der Waals surface area contributed by atoms with Crippen molar-refractivity contribution in [2.75, 3.05) is 17.8 Å². The van der Waals surface area contributed by atoms with Crippen LogP contribution in [-0.4, -0.2) is 43.7 Å². The molecule has 0 unspecified atom stereocenters. The Morgan fingerprint density at radius 2 is 1.21 bits per heavy atom. The molecule has 3 rings (SSSR count). The van der Waals surface area contributed by atoms with E-state index in [0.29, 0.717) is 30.8 Å². The monoisotopic (exact) mass is 634 g/mol. The van der Waals surface area contributed by atoms with Gasteiger partial charge in [0.25, 0.3) is 20.2 Å². The largest absolute Gasteiger partial charge is 0.457 e. The predicted octanol–water partition coefficient (Wildman–Crippen LogP) is 7.47. The van der Waals surface area contributed by atoms with E-state index in [1.807, 2.05) is 48.7 Å². The molecule has 0 spiro atoms. The summed E-state index contributed by atoms with van der Waals surface area (Å²) in [6.45, 7) is 10.6. The molecule has 0 aliphatic heterocycles. The van der Waals surface area contributed by atoms with E-state index < -0.39 is 25.7 Å². The molecule has 3 aromatic rings. The fraction of sp³-hybridized carbons (Fsp3) is 0.438. The first-order valence-electron chi connectivity index (χ1n) is 13.9.